The SMILES string of the molecule is CN=C(CCOc1ccccc1)SC. The summed E-state index contributed by atoms with van der Waals surface area (Å²) >= 11 is 1.68. The maximum absolute atomic E-state index is 5.55. The number of ether oxygens (including phenoxy) is 1. The smallest absolute Gasteiger partial charge is 0.119 e. The summed E-state index contributed by atoms with van der Waals surface area (Å²) < 4.78 is 5.55. The van der Waals surface area contributed by atoms with E-state index < -0.39 is 0 Å². The summed E-state index contributed by atoms with van der Waals surface area (Å²) in [5.41, 5.74) is 0. The highest BCUT2D eigenvalue weighted by molar-refractivity contribution is 8.13. The van der Waals surface area contributed by atoms with Crippen molar-refractivity contribution in [3.05, 3.63) is 30.3 Å². The summed E-state index contributed by atoms with van der Waals surface area (Å²) in [5, 5.41) is 1.13. The monoisotopic (exact) mass is 209 g/mol. The van der Waals surface area contributed by atoms with Gasteiger partial charge in [-0.25, -0.2) is 0 Å². The Hall–Kier alpha value is -0.960. The van der Waals surface area contributed by atoms with Crippen LogP contribution in [0.4, 0.5) is 0 Å². The van der Waals surface area contributed by atoms with E-state index in [4.69, 9.17) is 4.74 Å². The summed E-state index contributed by atoms with van der Waals surface area (Å²) in [6, 6.07) is 9.84. The molecule has 0 N–H and O–H groups in total. The molecule has 0 aliphatic heterocycles. The predicted octanol–water partition coefficient (Wildman–Crippen LogP) is 2.85. The second kappa shape index (κ2) is 6.49. The van der Waals surface area contributed by atoms with Crippen LogP contribution in [0.15, 0.2) is 35.3 Å². The number of thioether (sulfide) groups is 1. The molecule has 0 radical (unpaired) electrons. The van der Waals surface area contributed by atoms with Crippen molar-refractivity contribution < 1.29 is 4.74 Å². The van der Waals surface area contributed by atoms with Crippen LogP contribution in [0.1, 0.15) is 6.42 Å². The fraction of sp³-hybridized carbons (Fsp3) is 0.364. The Balaban J connectivity index is 2.29. The molecule has 0 aliphatic rings. The standard InChI is InChI=1S/C11H15NOS/c1-12-11(14-2)8-9-13-10-6-4-3-5-7-10/h3-7H,8-9H2,1-2H3. The fourth-order valence-corrected chi connectivity index (χ4v) is 1.55. The third kappa shape index (κ3) is 3.83. The van der Waals surface area contributed by atoms with Crippen LogP contribution in [0.2, 0.25) is 0 Å². The van der Waals surface area contributed by atoms with Crippen molar-refractivity contribution in [2.24, 2.45) is 4.99 Å². The van der Waals surface area contributed by atoms with Crippen LogP contribution in [0.25, 0.3) is 0 Å². The van der Waals surface area contributed by atoms with Crippen molar-refractivity contribution in [2.45, 2.75) is 6.42 Å². The molecule has 76 valence electrons. The zero-order valence-electron chi connectivity index (χ0n) is 8.56. The minimum absolute atomic E-state index is 0.692. The van der Waals surface area contributed by atoms with Crippen molar-refractivity contribution in [1.82, 2.24) is 0 Å². The first kappa shape index (κ1) is 11.1. The van der Waals surface area contributed by atoms with E-state index in [2.05, 4.69) is 4.99 Å². The quantitative estimate of drug-likeness (QED) is 0.562. The van der Waals surface area contributed by atoms with Gasteiger partial charge < -0.3 is 4.74 Å². The van der Waals surface area contributed by atoms with Gasteiger partial charge >= 0.3 is 0 Å². The highest BCUT2D eigenvalue weighted by atomic mass is 32.2. The molecular formula is C11H15NOS. The molecule has 0 aromatic heterocycles. The summed E-state index contributed by atoms with van der Waals surface area (Å²) in [6.45, 7) is 0.692. The van der Waals surface area contributed by atoms with E-state index >= 15 is 0 Å². The number of rotatable bonds is 4. The van der Waals surface area contributed by atoms with Crippen LogP contribution >= 0.6 is 11.8 Å². The van der Waals surface area contributed by atoms with Gasteiger partial charge in [0.05, 0.1) is 11.7 Å². The highest BCUT2D eigenvalue weighted by Crippen LogP contribution is 2.10. The van der Waals surface area contributed by atoms with Gasteiger partial charge in [0, 0.05) is 13.5 Å². The van der Waals surface area contributed by atoms with E-state index in [-0.39, 0.29) is 0 Å². The van der Waals surface area contributed by atoms with E-state index in [1.165, 1.54) is 0 Å². The third-order valence-corrected chi connectivity index (χ3v) is 2.67. The molecule has 0 saturated carbocycles. The summed E-state index contributed by atoms with van der Waals surface area (Å²) in [6.07, 6.45) is 2.91. The van der Waals surface area contributed by atoms with Crippen LogP contribution in [0.5, 0.6) is 5.75 Å². The Morgan fingerprint density at radius 1 is 1.36 bits per heavy atom. The molecule has 0 heterocycles. The predicted molar refractivity (Wildman–Crippen MR) is 63.4 cm³/mol. The normalized spacial score (nSPS) is 11.4. The molecule has 0 amide bonds. The van der Waals surface area contributed by atoms with Gasteiger partial charge in [0.25, 0.3) is 0 Å². The third-order valence-electron chi connectivity index (χ3n) is 1.81. The number of hydrogen-bond acceptors (Lipinski definition) is 3. The van der Waals surface area contributed by atoms with Crippen molar-refractivity contribution in [2.75, 3.05) is 19.9 Å². The lowest BCUT2D eigenvalue weighted by molar-refractivity contribution is 0.330. The first-order valence-electron chi connectivity index (χ1n) is 4.54. The molecule has 3 heteroatoms. The maximum atomic E-state index is 5.55. The zero-order valence-corrected chi connectivity index (χ0v) is 9.38. The molecule has 0 atom stereocenters. The number of benzene rings is 1. The van der Waals surface area contributed by atoms with Crippen molar-refractivity contribution in [1.29, 1.82) is 0 Å². The topological polar surface area (TPSA) is 21.6 Å². The van der Waals surface area contributed by atoms with Gasteiger partial charge in [-0.2, -0.15) is 0 Å². The van der Waals surface area contributed by atoms with Crippen LogP contribution in [-0.4, -0.2) is 25.0 Å². The number of aliphatic imine (C=N–C) groups is 1. The Morgan fingerprint density at radius 2 is 2.07 bits per heavy atom. The highest BCUT2D eigenvalue weighted by Gasteiger charge is 1.96. The van der Waals surface area contributed by atoms with Crippen LogP contribution in [0, 0.1) is 0 Å². The molecular weight excluding hydrogens is 194 g/mol. The summed E-state index contributed by atoms with van der Waals surface area (Å²) in [5.74, 6) is 0.920. The second-order valence-electron chi connectivity index (χ2n) is 2.73. The average molecular weight is 209 g/mol. The van der Waals surface area contributed by atoms with Crippen LogP contribution < -0.4 is 4.74 Å². The van der Waals surface area contributed by atoms with Crippen molar-refractivity contribution in [3.63, 3.8) is 0 Å². The fourth-order valence-electron chi connectivity index (χ4n) is 1.08. The zero-order chi connectivity index (χ0) is 10.2. The molecule has 0 unspecified atom stereocenters. The minimum Gasteiger partial charge on any atom is -0.493 e. The molecule has 1 aromatic carbocycles. The van der Waals surface area contributed by atoms with Gasteiger partial charge in [0.1, 0.15) is 5.75 Å². The van der Waals surface area contributed by atoms with E-state index in [0.29, 0.717) is 6.61 Å². The molecule has 14 heavy (non-hydrogen) atoms. The van der Waals surface area contributed by atoms with Crippen molar-refractivity contribution >= 4 is 16.8 Å². The Labute approximate surface area is 89.4 Å². The Kier molecular flexibility index (Phi) is 5.15. The molecule has 2 nitrogen and oxygen atoms in total. The number of para-hydroxylation sites is 1. The lowest BCUT2D eigenvalue weighted by atomic mass is 10.3. The summed E-state index contributed by atoms with van der Waals surface area (Å²) in [4.78, 5) is 4.14. The lowest BCUT2D eigenvalue weighted by Gasteiger charge is -2.05. The molecule has 0 spiro atoms. The molecule has 1 rings (SSSR count). The first-order chi connectivity index (χ1) is 6.86. The van der Waals surface area contributed by atoms with Crippen LogP contribution in [0.3, 0.4) is 0 Å². The number of hydrogen-bond donors (Lipinski definition) is 0. The summed E-state index contributed by atoms with van der Waals surface area (Å²) in [7, 11) is 1.81. The molecule has 0 fully saturated rings. The largest absolute Gasteiger partial charge is 0.493 e. The number of nitrogens with zero attached hydrogens (tertiary/aromatic N) is 1. The van der Waals surface area contributed by atoms with E-state index in [0.717, 1.165) is 17.2 Å². The van der Waals surface area contributed by atoms with Gasteiger partial charge in [-0.3, -0.25) is 4.99 Å². The lowest BCUT2D eigenvalue weighted by Crippen LogP contribution is -2.02. The Morgan fingerprint density at radius 3 is 2.64 bits per heavy atom. The maximum Gasteiger partial charge on any atom is 0.119 e. The first-order valence-corrected chi connectivity index (χ1v) is 5.76. The van der Waals surface area contributed by atoms with Gasteiger partial charge in [0.2, 0.25) is 0 Å². The van der Waals surface area contributed by atoms with Gasteiger partial charge in [0.15, 0.2) is 0 Å². The van der Waals surface area contributed by atoms with Crippen molar-refractivity contribution in [3.8, 4) is 5.75 Å². The second-order valence-corrected chi connectivity index (χ2v) is 3.61. The van der Waals surface area contributed by atoms with Crippen LogP contribution in [-0.2, 0) is 0 Å². The molecule has 0 bridgehead atoms. The Bertz CT molecular complexity index is 285. The molecule has 1 aromatic rings. The van der Waals surface area contributed by atoms with Gasteiger partial charge in [-0.05, 0) is 18.4 Å². The van der Waals surface area contributed by atoms with Gasteiger partial charge in [-0.15, -0.1) is 11.8 Å². The van der Waals surface area contributed by atoms with E-state index in [9.17, 15) is 0 Å². The van der Waals surface area contributed by atoms with E-state index in [1.807, 2.05) is 43.6 Å². The average Bonchev–Trinajstić information content (AvgIpc) is 2.26. The molecule has 0 saturated heterocycles. The minimum atomic E-state index is 0.692. The molecule has 0 aliphatic carbocycles. The van der Waals surface area contributed by atoms with Gasteiger partial charge in [-0.1, -0.05) is 18.2 Å². The van der Waals surface area contributed by atoms with E-state index in [1.54, 1.807) is 11.8 Å².